The largest absolute Gasteiger partial charge is 0.494 e. The zero-order valence-electron chi connectivity index (χ0n) is 8.29. The quantitative estimate of drug-likeness (QED) is 0.393. The lowest BCUT2D eigenvalue weighted by molar-refractivity contribution is 0.318. The number of aromatic hydroxyl groups is 1. The van der Waals surface area contributed by atoms with E-state index >= 15 is 0 Å². The highest BCUT2D eigenvalue weighted by molar-refractivity contribution is 6.02. The maximum absolute atomic E-state index is 9.67. The zero-order chi connectivity index (χ0) is 10.2. The summed E-state index contributed by atoms with van der Waals surface area (Å²) in [5.74, 6) is 0.144. The van der Waals surface area contributed by atoms with Crippen molar-refractivity contribution < 1.29 is 10.3 Å². The van der Waals surface area contributed by atoms with Crippen LogP contribution in [0.1, 0.15) is 23.7 Å². The monoisotopic (exact) mass is 182 g/mol. The molecule has 0 aromatic carbocycles. The van der Waals surface area contributed by atoms with E-state index in [0.29, 0.717) is 11.3 Å². The number of hydrogen-bond acceptors (Lipinski definition) is 3. The fourth-order valence-electron chi connectivity index (χ4n) is 1.41. The maximum Gasteiger partial charge on any atom is 0.200 e. The van der Waals surface area contributed by atoms with Gasteiger partial charge in [0.25, 0.3) is 0 Å². The first-order valence-corrected chi connectivity index (χ1v) is 4.04. The Morgan fingerprint density at radius 1 is 1.38 bits per heavy atom. The van der Waals surface area contributed by atoms with Gasteiger partial charge >= 0.3 is 0 Å². The lowest BCUT2D eigenvalue weighted by Crippen LogP contribution is -1.95. The zero-order valence-corrected chi connectivity index (χ0v) is 8.29. The molecule has 0 amide bonds. The Balaban J connectivity index is 3.46. The number of rotatable bonds is 1. The molecule has 0 saturated heterocycles. The minimum absolute atomic E-state index is 0.144. The molecule has 0 spiro atoms. The average Bonchev–Trinajstić information content (AvgIpc) is 2.30. The van der Waals surface area contributed by atoms with Crippen molar-refractivity contribution in [1.29, 1.82) is 0 Å². The molecule has 0 radical (unpaired) electrons. The van der Waals surface area contributed by atoms with E-state index in [2.05, 4.69) is 5.16 Å². The van der Waals surface area contributed by atoms with Gasteiger partial charge in [0.1, 0.15) is 0 Å². The minimum Gasteiger partial charge on any atom is -0.494 e. The van der Waals surface area contributed by atoms with Gasteiger partial charge in [-0.15, -0.1) is 0 Å². The van der Waals surface area contributed by atoms with Crippen molar-refractivity contribution in [3.05, 3.63) is 16.8 Å². The predicted molar refractivity (Wildman–Crippen MR) is 50.5 cm³/mol. The van der Waals surface area contributed by atoms with Crippen LogP contribution in [0.15, 0.2) is 5.16 Å². The van der Waals surface area contributed by atoms with Crippen molar-refractivity contribution in [3.63, 3.8) is 0 Å². The molecule has 0 aliphatic heterocycles. The molecular formula is C9H14N2O2. The summed E-state index contributed by atoms with van der Waals surface area (Å²) in [6.07, 6.45) is 0. The molecule has 72 valence electrons. The van der Waals surface area contributed by atoms with Crippen LogP contribution in [0.4, 0.5) is 0 Å². The Kier molecular flexibility index (Phi) is 2.32. The molecule has 4 nitrogen and oxygen atoms in total. The molecule has 0 saturated carbocycles. The second-order valence-electron chi connectivity index (χ2n) is 3.15. The van der Waals surface area contributed by atoms with E-state index in [-0.39, 0.29) is 5.88 Å². The molecule has 0 aliphatic rings. The van der Waals surface area contributed by atoms with Crippen molar-refractivity contribution in [2.75, 3.05) is 0 Å². The van der Waals surface area contributed by atoms with E-state index in [9.17, 15) is 5.11 Å². The van der Waals surface area contributed by atoms with Crippen molar-refractivity contribution in [1.82, 2.24) is 4.57 Å². The van der Waals surface area contributed by atoms with E-state index in [4.69, 9.17) is 5.21 Å². The van der Waals surface area contributed by atoms with Crippen LogP contribution in [-0.4, -0.2) is 20.6 Å². The lowest BCUT2D eigenvalue weighted by atomic mass is 10.1. The summed E-state index contributed by atoms with van der Waals surface area (Å²) in [5.41, 5.74) is 2.95. The minimum atomic E-state index is 0.144. The molecule has 0 bridgehead atoms. The highest BCUT2D eigenvalue weighted by Crippen LogP contribution is 2.26. The van der Waals surface area contributed by atoms with Gasteiger partial charge in [-0.2, -0.15) is 0 Å². The number of aromatic nitrogens is 1. The van der Waals surface area contributed by atoms with E-state index < -0.39 is 0 Å². The smallest absolute Gasteiger partial charge is 0.200 e. The Labute approximate surface area is 77.1 Å². The first-order valence-electron chi connectivity index (χ1n) is 4.04. The topological polar surface area (TPSA) is 57.8 Å². The van der Waals surface area contributed by atoms with Crippen LogP contribution in [0.25, 0.3) is 0 Å². The Bertz CT molecular complexity index is 339. The van der Waals surface area contributed by atoms with Crippen LogP contribution in [0.3, 0.4) is 0 Å². The molecule has 4 heteroatoms. The van der Waals surface area contributed by atoms with E-state index in [0.717, 1.165) is 11.3 Å². The molecule has 1 aromatic rings. The van der Waals surface area contributed by atoms with Crippen LogP contribution in [0.5, 0.6) is 5.88 Å². The van der Waals surface area contributed by atoms with Crippen LogP contribution in [0.2, 0.25) is 0 Å². The summed E-state index contributed by atoms with van der Waals surface area (Å²) in [7, 11) is 1.77. The van der Waals surface area contributed by atoms with Crippen molar-refractivity contribution >= 4 is 5.71 Å². The molecule has 1 heterocycles. The van der Waals surface area contributed by atoms with Gasteiger partial charge in [0, 0.05) is 12.7 Å². The summed E-state index contributed by atoms with van der Waals surface area (Å²) in [6.45, 7) is 5.45. The molecule has 2 N–H and O–H groups in total. The molecule has 13 heavy (non-hydrogen) atoms. The van der Waals surface area contributed by atoms with Crippen LogP contribution >= 0.6 is 0 Å². The molecule has 0 atom stereocenters. The molecule has 0 aliphatic carbocycles. The molecule has 1 aromatic heterocycles. The average molecular weight is 182 g/mol. The van der Waals surface area contributed by atoms with Crippen LogP contribution < -0.4 is 0 Å². The van der Waals surface area contributed by atoms with Gasteiger partial charge in [0.05, 0.1) is 11.3 Å². The second kappa shape index (κ2) is 3.12. The van der Waals surface area contributed by atoms with Gasteiger partial charge in [-0.05, 0) is 26.3 Å². The highest BCUT2D eigenvalue weighted by Gasteiger charge is 2.16. The number of nitrogens with zero attached hydrogens (tertiary/aromatic N) is 2. The van der Waals surface area contributed by atoms with Gasteiger partial charge < -0.3 is 14.9 Å². The van der Waals surface area contributed by atoms with Crippen molar-refractivity contribution in [2.45, 2.75) is 20.8 Å². The SMILES string of the molecule is CC(=NO)c1c(C)c(C)n(C)c1O. The third kappa shape index (κ3) is 1.28. The lowest BCUT2D eigenvalue weighted by Gasteiger charge is -1.98. The second-order valence-corrected chi connectivity index (χ2v) is 3.15. The normalized spacial score (nSPS) is 12.2. The summed E-state index contributed by atoms with van der Waals surface area (Å²) >= 11 is 0. The number of oxime groups is 1. The van der Waals surface area contributed by atoms with Gasteiger partial charge in [0.15, 0.2) is 0 Å². The highest BCUT2D eigenvalue weighted by atomic mass is 16.4. The Morgan fingerprint density at radius 3 is 2.23 bits per heavy atom. The Morgan fingerprint density at radius 2 is 1.92 bits per heavy atom. The third-order valence-electron chi connectivity index (χ3n) is 2.47. The maximum atomic E-state index is 9.67. The predicted octanol–water partition coefficient (Wildman–Crippen LogP) is 1.55. The summed E-state index contributed by atoms with van der Waals surface area (Å²) in [6, 6.07) is 0. The summed E-state index contributed by atoms with van der Waals surface area (Å²) in [5, 5.41) is 21.4. The summed E-state index contributed by atoms with van der Waals surface area (Å²) in [4.78, 5) is 0. The number of hydrogen-bond donors (Lipinski definition) is 2. The van der Waals surface area contributed by atoms with Crippen LogP contribution in [0, 0.1) is 13.8 Å². The van der Waals surface area contributed by atoms with Crippen molar-refractivity contribution in [2.24, 2.45) is 12.2 Å². The Hall–Kier alpha value is -1.45. The van der Waals surface area contributed by atoms with E-state index in [1.54, 1.807) is 18.5 Å². The van der Waals surface area contributed by atoms with E-state index in [1.165, 1.54) is 0 Å². The van der Waals surface area contributed by atoms with Gasteiger partial charge in [-0.25, -0.2) is 0 Å². The van der Waals surface area contributed by atoms with Crippen molar-refractivity contribution in [3.8, 4) is 5.88 Å². The molecule has 0 fully saturated rings. The molecule has 1 rings (SSSR count). The van der Waals surface area contributed by atoms with Gasteiger partial charge in [-0.1, -0.05) is 5.16 Å². The van der Waals surface area contributed by atoms with Gasteiger partial charge in [0.2, 0.25) is 5.88 Å². The fraction of sp³-hybridized carbons (Fsp3) is 0.444. The standard InChI is InChI=1S/C9H14N2O2/c1-5-7(3)11(4)9(12)8(5)6(2)10-13/h12-13H,1-4H3. The first-order chi connectivity index (χ1) is 6.00. The fourth-order valence-corrected chi connectivity index (χ4v) is 1.41. The van der Waals surface area contributed by atoms with E-state index in [1.807, 2.05) is 13.8 Å². The first kappa shape index (κ1) is 9.64. The molecule has 0 unspecified atom stereocenters. The third-order valence-corrected chi connectivity index (χ3v) is 2.47. The molecular weight excluding hydrogens is 168 g/mol. The van der Waals surface area contributed by atoms with Gasteiger partial charge in [-0.3, -0.25) is 0 Å². The van der Waals surface area contributed by atoms with Crippen LogP contribution in [-0.2, 0) is 7.05 Å². The summed E-state index contributed by atoms with van der Waals surface area (Å²) < 4.78 is 1.67.